The standard InChI is InChI=1S/C33H38FN3O3/c1-33(23-29(33)26-14-16-28(34)17-15-26)35-18-6-5-9-30(32(39)37-19-21-40-22-20-37)36-31(38)27-12-10-25(11-13-27)24-7-3-2-4-8-24/h2-4,7-8,10-17,29-30,35H,5-6,9,18-23H2,1H3,(H,36,38)/t29-,30-,33+/m0/s1. The molecule has 0 spiro atoms. The number of amides is 2. The van der Waals surface area contributed by atoms with Crippen molar-refractivity contribution in [2.75, 3.05) is 32.8 Å². The Labute approximate surface area is 235 Å². The molecule has 0 bridgehead atoms. The van der Waals surface area contributed by atoms with Gasteiger partial charge in [0.25, 0.3) is 5.91 Å². The highest BCUT2D eigenvalue weighted by Gasteiger charge is 2.50. The minimum absolute atomic E-state index is 0.0149. The van der Waals surface area contributed by atoms with Crippen LogP contribution < -0.4 is 10.6 Å². The average molecular weight is 544 g/mol. The van der Waals surface area contributed by atoms with Crippen molar-refractivity contribution in [3.05, 3.63) is 95.8 Å². The molecule has 3 aromatic rings. The van der Waals surface area contributed by atoms with Crippen molar-refractivity contribution >= 4 is 11.8 Å². The van der Waals surface area contributed by atoms with Crippen LogP contribution in [0, 0.1) is 5.82 Å². The highest BCUT2D eigenvalue weighted by Crippen LogP contribution is 2.51. The van der Waals surface area contributed by atoms with E-state index < -0.39 is 6.04 Å². The molecular formula is C33H38FN3O3. The highest BCUT2D eigenvalue weighted by atomic mass is 19.1. The molecule has 1 saturated heterocycles. The van der Waals surface area contributed by atoms with E-state index >= 15 is 0 Å². The Morgan fingerprint density at radius 2 is 1.62 bits per heavy atom. The molecule has 210 valence electrons. The summed E-state index contributed by atoms with van der Waals surface area (Å²) in [4.78, 5) is 28.3. The smallest absolute Gasteiger partial charge is 0.251 e. The molecule has 1 aliphatic carbocycles. The number of carbonyl (C=O) groups is 2. The number of rotatable bonds is 11. The highest BCUT2D eigenvalue weighted by molar-refractivity contribution is 5.98. The third-order valence-electron chi connectivity index (χ3n) is 8.14. The normalized spacial score (nSPS) is 21.1. The summed E-state index contributed by atoms with van der Waals surface area (Å²) in [6.07, 6.45) is 3.29. The molecule has 0 aromatic heterocycles. The zero-order valence-electron chi connectivity index (χ0n) is 23.1. The van der Waals surface area contributed by atoms with Gasteiger partial charge in [0, 0.05) is 30.1 Å². The van der Waals surface area contributed by atoms with Gasteiger partial charge in [-0.05, 0) is 80.1 Å². The van der Waals surface area contributed by atoms with E-state index in [1.807, 2.05) is 66.7 Å². The van der Waals surface area contributed by atoms with Crippen LogP contribution >= 0.6 is 0 Å². The number of carbonyl (C=O) groups excluding carboxylic acids is 2. The van der Waals surface area contributed by atoms with Gasteiger partial charge in [-0.3, -0.25) is 9.59 Å². The van der Waals surface area contributed by atoms with Gasteiger partial charge >= 0.3 is 0 Å². The Morgan fingerprint density at radius 1 is 0.950 bits per heavy atom. The van der Waals surface area contributed by atoms with E-state index in [9.17, 15) is 14.0 Å². The maximum absolute atomic E-state index is 13.4. The van der Waals surface area contributed by atoms with Crippen LogP contribution in [-0.2, 0) is 9.53 Å². The summed E-state index contributed by atoms with van der Waals surface area (Å²) < 4.78 is 18.7. The summed E-state index contributed by atoms with van der Waals surface area (Å²) in [6.45, 7) is 5.15. The molecule has 2 fully saturated rings. The number of ether oxygens (including phenoxy) is 1. The van der Waals surface area contributed by atoms with Crippen molar-refractivity contribution in [3.63, 3.8) is 0 Å². The first-order chi connectivity index (χ1) is 19.4. The second-order valence-electron chi connectivity index (χ2n) is 11.1. The Morgan fingerprint density at radius 3 is 2.33 bits per heavy atom. The molecule has 2 N–H and O–H groups in total. The van der Waals surface area contributed by atoms with E-state index in [1.165, 1.54) is 12.1 Å². The number of nitrogens with zero attached hydrogens (tertiary/aromatic N) is 1. The average Bonchev–Trinajstić information content (AvgIpc) is 3.68. The number of hydrogen-bond donors (Lipinski definition) is 2. The molecule has 6 nitrogen and oxygen atoms in total. The van der Waals surface area contributed by atoms with Gasteiger partial charge in [0.1, 0.15) is 11.9 Å². The molecule has 0 radical (unpaired) electrons. The first kappa shape index (κ1) is 28.0. The lowest BCUT2D eigenvalue weighted by Crippen LogP contribution is -2.51. The fraction of sp³-hybridized carbons (Fsp3) is 0.394. The predicted molar refractivity (Wildman–Crippen MR) is 155 cm³/mol. The van der Waals surface area contributed by atoms with Crippen molar-refractivity contribution in [2.45, 2.75) is 50.1 Å². The molecule has 1 aliphatic heterocycles. The van der Waals surface area contributed by atoms with E-state index in [1.54, 1.807) is 4.90 Å². The summed E-state index contributed by atoms with van der Waals surface area (Å²) >= 11 is 0. The lowest BCUT2D eigenvalue weighted by atomic mass is 10.0. The van der Waals surface area contributed by atoms with Crippen molar-refractivity contribution in [3.8, 4) is 11.1 Å². The number of halogens is 1. The van der Waals surface area contributed by atoms with Crippen molar-refractivity contribution in [1.82, 2.24) is 15.5 Å². The number of morpholine rings is 1. The number of benzene rings is 3. The molecule has 5 rings (SSSR count). The fourth-order valence-corrected chi connectivity index (χ4v) is 5.54. The molecule has 2 amide bonds. The van der Waals surface area contributed by atoms with Gasteiger partial charge in [0.05, 0.1) is 13.2 Å². The van der Waals surface area contributed by atoms with Gasteiger partial charge in [0.2, 0.25) is 5.91 Å². The third kappa shape index (κ3) is 6.95. The zero-order chi connectivity index (χ0) is 28.0. The zero-order valence-corrected chi connectivity index (χ0v) is 23.1. The molecule has 3 atom stereocenters. The Kier molecular flexibility index (Phi) is 8.92. The van der Waals surface area contributed by atoms with Crippen LogP contribution in [0.3, 0.4) is 0 Å². The summed E-state index contributed by atoms with van der Waals surface area (Å²) in [5, 5.41) is 6.68. The minimum Gasteiger partial charge on any atom is -0.378 e. The van der Waals surface area contributed by atoms with E-state index in [4.69, 9.17) is 4.74 Å². The topological polar surface area (TPSA) is 70.7 Å². The Hall–Kier alpha value is -3.55. The second kappa shape index (κ2) is 12.7. The van der Waals surface area contributed by atoms with Gasteiger partial charge in [-0.1, -0.05) is 54.6 Å². The van der Waals surface area contributed by atoms with Crippen LogP contribution in [0.2, 0.25) is 0 Å². The van der Waals surface area contributed by atoms with E-state index in [0.29, 0.717) is 44.2 Å². The van der Waals surface area contributed by atoms with Crippen molar-refractivity contribution in [2.24, 2.45) is 0 Å². The third-order valence-corrected chi connectivity index (χ3v) is 8.14. The molecule has 7 heteroatoms. The maximum Gasteiger partial charge on any atom is 0.251 e. The summed E-state index contributed by atoms with van der Waals surface area (Å²) in [6, 6.07) is 23.7. The van der Waals surface area contributed by atoms with Crippen LogP contribution in [0.4, 0.5) is 4.39 Å². The fourth-order valence-electron chi connectivity index (χ4n) is 5.54. The summed E-state index contributed by atoms with van der Waals surface area (Å²) in [5.41, 5.74) is 3.84. The van der Waals surface area contributed by atoms with Crippen LogP contribution in [0.1, 0.15) is 54.4 Å². The monoisotopic (exact) mass is 543 g/mol. The quantitative estimate of drug-likeness (QED) is 0.328. The molecule has 1 saturated carbocycles. The first-order valence-electron chi connectivity index (χ1n) is 14.3. The first-order valence-corrected chi connectivity index (χ1v) is 14.3. The molecule has 40 heavy (non-hydrogen) atoms. The van der Waals surface area contributed by atoms with Gasteiger partial charge in [0.15, 0.2) is 0 Å². The molecule has 0 unspecified atom stereocenters. The number of nitrogens with one attached hydrogen (secondary N) is 2. The van der Waals surface area contributed by atoms with E-state index in [0.717, 1.165) is 42.5 Å². The van der Waals surface area contributed by atoms with Gasteiger partial charge in [-0.15, -0.1) is 0 Å². The number of unbranched alkanes of at least 4 members (excludes halogenated alkanes) is 1. The van der Waals surface area contributed by atoms with Gasteiger partial charge in [-0.25, -0.2) is 4.39 Å². The molecule has 1 heterocycles. The summed E-state index contributed by atoms with van der Waals surface area (Å²) in [7, 11) is 0. The minimum atomic E-state index is -0.581. The number of hydrogen-bond acceptors (Lipinski definition) is 4. The van der Waals surface area contributed by atoms with Gasteiger partial charge < -0.3 is 20.3 Å². The lowest BCUT2D eigenvalue weighted by molar-refractivity contribution is -0.137. The Bertz CT molecular complexity index is 1280. The van der Waals surface area contributed by atoms with Crippen LogP contribution in [0.25, 0.3) is 11.1 Å². The second-order valence-corrected chi connectivity index (χ2v) is 11.1. The lowest BCUT2D eigenvalue weighted by Gasteiger charge is -2.31. The Balaban J connectivity index is 1.15. The largest absolute Gasteiger partial charge is 0.378 e. The van der Waals surface area contributed by atoms with Crippen LogP contribution in [-0.4, -0.2) is 61.1 Å². The van der Waals surface area contributed by atoms with Crippen LogP contribution in [0.15, 0.2) is 78.9 Å². The molecule has 2 aliphatic rings. The molecular weight excluding hydrogens is 505 g/mol. The summed E-state index contributed by atoms with van der Waals surface area (Å²) in [5.74, 6) is -0.110. The van der Waals surface area contributed by atoms with E-state index in [-0.39, 0.29) is 23.2 Å². The van der Waals surface area contributed by atoms with E-state index in [2.05, 4.69) is 17.6 Å². The molecule has 3 aromatic carbocycles. The van der Waals surface area contributed by atoms with Crippen molar-refractivity contribution < 1.29 is 18.7 Å². The van der Waals surface area contributed by atoms with Crippen molar-refractivity contribution in [1.29, 1.82) is 0 Å². The predicted octanol–water partition coefficient (Wildman–Crippen LogP) is 5.16. The SMILES string of the molecule is C[C@@]1(NCCCC[C@H](NC(=O)c2ccc(-c3ccccc3)cc2)C(=O)N2CCOCC2)C[C@H]1c1ccc(F)cc1. The maximum atomic E-state index is 13.4. The van der Waals surface area contributed by atoms with Crippen LogP contribution in [0.5, 0.6) is 0 Å². The van der Waals surface area contributed by atoms with Gasteiger partial charge in [-0.2, -0.15) is 0 Å².